The van der Waals surface area contributed by atoms with E-state index in [4.69, 9.17) is 5.73 Å². The SMILES string of the molecule is CC(C)(N)C(=O)NC1CN2CCC1CC2. The number of hydrogen-bond donors (Lipinski definition) is 2. The molecule has 86 valence electrons. The van der Waals surface area contributed by atoms with Crippen molar-refractivity contribution in [3.8, 4) is 0 Å². The second-order valence-electron chi connectivity index (χ2n) is 5.44. The van der Waals surface area contributed by atoms with Crippen molar-refractivity contribution in [2.75, 3.05) is 19.6 Å². The van der Waals surface area contributed by atoms with E-state index in [1.54, 1.807) is 13.8 Å². The maximum absolute atomic E-state index is 11.8. The van der Waals surface area contributed by atoms with Gasteiger partial charge in [0.2, 0.25) is 5.91 Å². The molecule has 0 aromatic rings. The molecule has 1 atom stereocenters. The lowest BCUT2D eigenvalue weighted by Gasteiger charge is -2.45. The minimum atomic E-state index is -0.758. The average molecular weight is 211 g/mol. The van der Waals surface area contributed by atoms with Crippen molar-refractivity contribution in [3.05, 3.63) is 0 Å². The first-order valence-corrected chi connectivity index (χ1v) is 5.79. The highest BCUT2D eigenvalue weighted by Gasteiger charge is 2.36. The molecule has 0 saturated carbocycles. The van der Waals surface area contributed by atoms with Gasteiger partial charge in [-0.05, 0) is 45.7 Å². The van der Waals surface area contributed by atoms with Crippen LogP contribution in [-0.2, 0) is 4.79 Å². The normalized spacial score (nSPS) is 35.3. The van der Waals surface area contributed by atoms with Gasteiger partial charge in [-0.3, -0.25) is 4.79 Å². The maximum Gasteiger partial charge on any atom is 0.239 e. The lowest BCUT2D eigenvalue weighted by molar-refractivity contribution is -0.127. The third-order valence-electron chi connectivity index (χ3n) is 3.56. The molecule has 3 heterocycles. The van der Waals surface area contributed by atoms with Gasteiger partial charge in [-0.1, -0.05) is 0 Å². The Bertz CT molecular complexity index is 251. The first-order chi connectivity index (χ1) is 6.97. The van der Waals surface area contributed by atoms with E-state index in [9.17, 15) is 4.79 Å². The Labute approximate surface area is 91.2 Å². The summed E-state index contributed by atoms with van der Waals surface area (Å²) in [4.78, 5) is 14.2. The molecule has 0 aliphatic carbocycles. The average Bonchev–Trinajstić information content (AvgIpc) is 2.18. The van der Waals surface area contributed by atoms with Crippen LogP contribution < -0.4 is 11.1 Å². The molecular formula is C11H21N3O. The van der Waals surface area contributed by atoms with Gasteiger partial charge in [-0.2, -0.15) is 0 Å². The van der Waals surface area contributed by atoms with E-state index >= 15 is 0 Å². The van der Waals surface area contributed by atoms with Gasteiger partial charge < -0.3 is 16.0 Å². The van der Waals surface area contributed by atoms with Crippen LogP contribution in [0.1, 0.15) is 26.7 Å². The molecule has 1 amide bonds. The van der Waals surface area contributed by atoms with Gasteiger partial charge in [-0.15, -0.1) is 0 Å². The van der Waals surface area contributed by atoms with Crippen LogP contribution >= 0.6 is 0 Å². The van der Waals surface area contributed by atoms with E-state index < -0.39 is 5.54 Å². The summed E-state index contributed by atoms with van der Waals surface area (Å²) in [6.45, 7) is 6.91. The Kier molecular flexibility index (Phi) is 2.73. The molecule has 4 nitrogen and oxygen atoms in total. The molecule has 4 heteroatoms. The lowest BCUT2D eigenvalue weighted by atomic mass is 9.83. The summed E-state index contributed by atoms with van der Waals surface area (Å²) in [5, 5.41) is 3.08. The molecular weight excluding hydrogens is 190 g/mol. The summed E-state index contributed by atoms with van der Waals surface area (Å²) in [7, 11) is 0. The topological polar surface area (TPSA) is 58.4 Å². The third-order valence-corrected chi connectivity index (χ3v) is 3.56. The van der Waals surface area contributed by atoms with E-state index in [1.165, 1.54) is 25.9 Å². The molecule has 0 spiro atoms. The zero-order chi connectivity index (χ0) is 11.1. The largest absolute Gasteiger partial charge is 0.350 e. The number of nitrogens with two attached hydrogens (primary N) is 1. The van der Waals surface area contributed by atoms with Gasteiger partial charge in [0.1, 0.15) is 0 Å². The summed E-state index contributed by atoms with van der Waals surface area (Å²) in [5.41, 5.74) is 5.01. The fourth-order valence-electron chi connectivity index (χ4n) is 2.48. The van der Waals surface area contributed by atoms with Crippen LogP contribution in [0.25, 0.3) is 0 Å². The highest BCUT2D eigenvalue weighted by atomic mass is 16.2. The second kappa shape index (κ2) is 3.76. The van der Waals surface area contributed by atoms with E-state index in [0.29, 0.717) is 12.0 Å². The van der Waals surface area contributed by atoms with Crippen molar-refractivity contribution in [1.29, 1.82) is 0 Å². The number of hydrogen-bond acceptors (Lipinski definition) is 3. The number of fused-ring (bicyclic) bond motifs is 3. The van der Waals surface area contributed by atoms with Crippen molar-refractivity contribution in [3.63, 3.8) is 0 Å². The number of piperidine rings is 3. The van der Waals surface area contributed by atoms with Crippen LogP contribution in [-0.4, -0.2) is 42.0 Å². The molecule has 3 fully saturated rings. The molecule has 3 rings (SSSR count). The fraction of sp³-hybridized carbons (Fsp3) is 0.909. The zero-order valence-corrected chi connectivity index (χ0v) is 9.62. The highest BCUT2D eigenvalue weighted by Crippen LogP contribution is 2.27. The second-order valence-corrected chi connectivity index (χ2v) is 5.44. The Morgan fingerprint density at radius 1 is 1.40 bits per heavy atom. The van der Waals surface area contributed by atoms with Crippen molar-refractivity contribution in [1.82, 2.24) is 10.2 Å². The number of carbonyl (C=O) groups excluding carboxylic acids is 1. The van der Waals surface area contributed by atoms with Crippen molar-refractivity contribution in [2.24, 2.45) is 11.7 Å². The summed E-state index contributed by atoms with van der Waals surface area (Å²) >= 11 is 0. The smallest absolute Gasteiger partial charge is 0.239 e. The van der Waals surface area contributed by atoms with Crippen LogP contribution in [0.4, 0.5) is 0 Å². The standard InChI is InChI=1S/C11H21N3O/c1-11(2,12)10(15)13-9-7-14-5-3-8(9)4-6-14/h8-9H,3-7,12H2,1-2H3,(H,13,15). The predicted molar refractivity (Wildman–Crippen MR) is 59.4 cm³/mol. The minimum Gasteiger partial charge on any atom is -0.350 e. The number of carbonyl (C=O) groups is 1. The molecule has 3 aliphatic heterocycles. The minimum absolute atomic E-state index is 0.0266. The van der Waals surface area contributed by atoms with Crippen LogP contribution in [0.15, 0.2) is 0 Å². The molecule has 0 radical (unpaired) electrons. The van der Waals surface area contributed by atoms with Crippen LogP contribution in [0.2, 0.25) is 0 Å². The van der Waals surface area contributed by atoms with E-state index in [2.05, 4.69) is 10.2 Å². The lowest BCUT2D eigenvalue weighted by Crippen LogP contribution is -2.61. The van der Waals surface area contributed by atoms with E-state index in [-0.39, 0.29) is 5.91 Å². The van der Waals surface area contributed by atoms with Crippen LogP contribution in [0, 0.1) is 5.92 Å². The summed E-state index contributed by atoms with van der Waals surface area (Å²) in [5.74, 6) is 0.641. The van der Waals surface area contributed by atoms with Crippen LogP contribution in [0.3, 0.4) is 0 Å². The molecule has 15 heavy (non-hydrogen) atoms. The zero-order valence-electron chi connectivity index (χ0n) is 9.62. The van der Waals surface area contributed by atoms with E-state index in [1.807, 2.05) is 0 Å². The summed E-state index contributed by atoms with van der Waals surface area (Å²) in [6.07, 6.45) is 2.44. The first-order valence-electron chi connectivity index (χ1n) is 5.79. The Hall–Kier alpha value is -0.610. The van der Waals surface area contributed by atoms with Crippen molar-refractivity contribution in [2.45, 2.75) is 38.3 Å². The molecule has 3 saturated heterocycles. The van der Waals surface area contributed by atoms with Crippen molar-refractivity contribution < 1.29 is 4.79 Å². The van der Waals surface area contributed by atoms with Gasteiger partial charge in [0.25, 0.3) is 0 Å². The molecule has 3 N–H and O–H groups in total. The third kappa shape index (κ3) is 2.32. The first kappa shape index (κ1) is 10.9. The fourth-order valence-corrected chi connectivity index (χ4v) is 2.48. The van der Waals surface area contributed by atoms with Gasteiger partial charge >= 0.3 is 0 Å². The molecule has 1 unspecified atom stereocenters. The highest BCUT2D eigenvalue weighted by molar-refractivity contribution is 5.85. The van der Waals surface area contributed by atoms with Gasteiger partial charge in [-0.25, -0.2) is 0 Å². The number of nitrogens with one attached hydrogen (secondary N) is 1. The maximum atomic E-state index is 11.8. The van der Waals surface area contributed by atoms with Gasteiger partial charge in [0.05, 0.1) is 5.54 Å². The monoisotopic (exact) mass is 211 g/mol. The molecule has 3 aliphatic rings. The number of amides is 1. The molecule has 2 bridgehead atoms. The number of rotatable bonds is 2. The Balaban J connectivity index is 1.93. The molecule has 0 aromatic heterocycles. The molecule has 0 aromatic carbocycles. The predicted octanol–water partition coefficient (Wildman–Crippen LogP) is -0.0659. The summed E-state index contributed by atoms with van der Waals surface area (Å²) in [6, 6.07) is 0.322. The van der Waals surface area contributed by atoms with Crippen molar-refractivity contribution >= 4 is 5.91 Å². The Morgan fingerprint density at radius 2 is 2.00 bits per heavy atom. The van der Waals surface area contributed by atoms with Crippen LogP contribution in [0.5, 0.6) is 0 Å². The summed E-state index contributed by atoms with van der Waals surface area (Å²) < 4.78 is 0. The quantitative estimate of drug-likeness (QED) is 0.672. The van der Waals surface area contributed by atoms with E-state index in [0.717, 1.165) is 6.54 Å². The number of nitrogens with zero attached hydrogens (tertiary/aromatic N) is 1. The Morgan fingerprint density at radius 3 is 2.40 bits per heavy atom. The van der Waals surface area contributed by atoms with Gasteiger partial charge in [0.15, 0.2) is 0 Å². The van der Waals surface area contributed by atoms with Gasteiger partial charge in [0, 0.05) is 12.6 Å².